The highest BCUT2D eigenvalue weighted by molar-refractivity contribution is 7.22. The largest absolute Gasteiger partial charge is 0.255 e. The van der Waals surface area contributed by atoms with Crippen molar-refractivity contribution in [1.82, 2.24) is 9.97 Å². The number of pyridine rings is 2. The second-order valence-electron chi connectivity index (χ2n) is 4.95. The van der Waals surface area contributed by atoms with Crippen LogP contribution in [0.2, 0.25) is 0 Å². The van der Waals surface area contributed by atoms with E-state index < -0.39 is 0 Å². The maximum Gasteiger partial charge on any atom is 0.0819 e. The van der Waals surface area contributed by atoms with Crippen molar-refractivity contribution in [2.24, 2.45) is 0 Å². The Morgan fingerprint density at radius 1 is 1.10 bits per heavy atom. The van der Waals surface area contributed by atoms with Crippen LogP contribution in [0.3, 0.4) is 0 Å². The fourth-order valence-electron chi connectivity index (χ4n) is 2.36. The van der Waals surface area contributed by atoms with Gasteiger partial charge in [0.15, 0.2) is 0 Å². The molecule has 3 aromatic rings. The summed E-state index contributed by atoms with van der Waals surface area (Å²) in [5, 5.41) is 0. The van der Waals surface area contributed by atoms with E-state index in [2.05, 4.69) is 48.1 Å². The van der Waals surface area contributed by atoms with Crippen molar-refractivity contribution >= 4 is 21.6 Å². The Bertz CT molecular complexity index is 713. The van der Waals surface area contributed by atoms with Gasteiger partial charge in [0.2, 0.25) is 0 Å². The molecule has 0 unspecified atom stereocenters. The molecule has 0 saturated carbocycles. The van der Waals surface area contributed by atoms with Gasteiger partial charge in [-0.05, 0) is 42.2 Å². The van der Waals surface area contributed by atoms with Crippen molar-refractivity contribution in [2.45, 2.75) is 33.1 Å². The fourth-order valence-corrected chi connectivity index (χ4v) is 3.50. The third kappa shape index (κ3) is 2.46. The topological polar surface area (TPSA) is 25.8 Å². The average molecular weight is 282 g/mol. The molecule has 2 nitrogen and oxygen atoms in total. The van der Waals surface area contributed by atoms with E-state index in [0.29, 0.717) is 0 Å². The molecule has 0 fully saturated rings. The first-order chi connectivity index (χ1) is 9.81. The van der Waals surface area contributed by atoms with Crippen molar-refractivity contribution < 1.29 is 0 Å². The predicted octanol–water partition coefficient (Wildman–Crippen LogP) is 4.87. The second-order valence-corrected chi connectivity index (χ2v) is 6.00. The molecule has 0 aromatic carbocycles. The number of hydrogen-bond acceptors (Lipinski definition) is 3. The third-order valence-corrected chi connectivity index (χ3v) is 4.72. The number of fused-ring (bicyclic) bond motifs is 1. The predicted molar refractivity (Wildman–Crippen MR) is 86.2 cm³/mol. The van der Waals surface area contributed by atoms with Gasteiger partial charge >= 0.3 is 0 Å². The van der Waals surface area contributed by atoms with Crippen LogP contribution in [-0.2, 0) is 12.8 Å². The SMILES string of the molecule is CCCc1ccnc2cc(-c3ccc(CC)cn3)sc12. The number of hydrogen-bond donors (Lipinski definition) is 0. The summed E-state index contributed by atoms with van der Waals surface area (Å²) in [6, 6.07) is 8.57. The van der Waals surface area contributed by atoms with Crippen molar-refractivity contribution in [3.05, 3.63) is 47.8 Å². The Morgan fingerprint density at radius 3 is 2.70 bits per heavy atom. The molecule has 0 atom stereocenters. The van der Waals surface area contributed by atoms with E-state index in [1.807, 2.05) is 12.4 Å². The molecule has 3 rings (SSSR count). The zero-order valence-electron chi connectivity index (χ0n) is 11.9. The number of aromatic nitrogens is 2. The maximum absolute atomic E-state index is 4.57. The molecule has 0 aliphatic heterocycles. The summed E-state index contributed by atoms with van der Waals surface area (Å²) < 4.78 is 1.31. The van der Waals surface area contributed by atoms with Crippen LogP contribution < -0.4 is 0 Å². The van der Waals surface area contributed by atoms with Gasteiger partial charge in [0.1, 0.15) is 0 Å². The summed E-state index contributed by atoms with van der Waals surface area (Å²) in [6.45, 7) is 4.36. The van der Waals surface area contributed by atoms with Gasteiger partial charge in [-0.3, -0.25) is 9.97 Å². The van der Waals surface area contributed by atoms with Crippen LogP contribution in [0.15, 0.2) is 36.7 Å². The molecular formula is C17H18N2S. The Hall–Kier alpha value is -1.74. The minimum Gasteiger partial charge on any atom is -0.255 e. The van der Waals surface area contributed by atoms with E-state index in [9.17, 15) is 0 Å². The minimum absolute atomic E-state index is 1.03. The molecule has 0 bridgehead atoms. The van der Waals surface area contributed by atoms with Gasteiger partial charge in [0.05, 0.1) is 20.8 Å². The van der Waals surface area contributed by atoms with E-state index in [1.165, 1.54) is 20.7 Å². The van der Waals surface area contributed by atoms with Crippen molar-refractivity contribution in [1.29, 1.82) is 0 Å². The first kappa shape index (κ1) is 13.3. The highest BCUT2D eigenvalue weighted by Crippen LogP contribution is 2.33. The number of rotatable bonds is 4. The smallest absolute Gasteiger partial charge is 0.0819 e. The standard InChI is InChI=1S/C17H18N2S/c1-3-5-13-8-9-18-15-10-16(20-17(13)15)14-7-6-12(4-2)11-19-14/h6-11H,3-5H2,1-2H3. The van der Waals surface area contributed by atoms with Gasteiger partial charge in [-0.25, -0.2) is 0 Å². The van der Waals surface area contributed by atoms with Crippen LogP contribution >= 0.6 is 11.3 Å². The Kier molecular flexibility index (Phi) is 3.79. The normalized spacial score (nSPS) is 11.1. The van der Waals surface area contributed by atoms with Gasteiger partial charge in [0.25, 0.3) is 0 Å². The van der Waals surface area contributed by atoms with Crippen LogP contribution in [0.5, 0.6) is 0 Å². The van der Waals surface area contributed by atoms with E-state index in [0.717, 1.165) is 30.5 Å². The molecule has 0 spiro atoms. The molecule has 3 aromatic heterocycles. The fraction of sp³-hybridized carbons (Fsp3) is 0.294. The molecule has 0 saturated heterocycles. The molecule has 0 aliphatic rings. The van der Waals surface area contributed by atoms with Gasteiger partial charge in [-0.1, -0.05) is 26.3 Å². The lowest BCUT2D eigenvalue weighted by Crippen LogP contribution is -1.84. The molecule has 0 N–H and O–H groups in total. The van der Waals surface area contributed by atoms with Gasteiger partial charge < -0.3 is 0 Å². The lowest BCUT2D eigenvalue weighted by Gasteiger charge is -1.99. The average Bonchev–Trinajstić information content (AvgIpc) is 2.93. The van der Waals surface area contributed by atoms with Crippen LogP contribution in [0.4, 0.5) is 0 Å². The quantitative estimate of drug-likeness (QED) is 0.682. The summed E-state index contributed by atoms with van der Waals surface area (Å²) in [5.41, 5.74) is 4.82. The van der Waals surface area contributed by atoms with Gasteiger partial charge in [-0.2, -0.15) is 0 Å². The summed E-state index contributed by atoms with van der Waals surface area (Å²) in [7, 11) is 0. The van der Waals surface area contributed by atoms with Crippen LogP contribution in [0, 0.1) is 0 Å². The third-order valence-electron chi connectivity index (χ3n) is 3.50. The number of aryl methyl sites for hydroxylation is 2. The van der Waals surface area contributed by atoms with E-state index in [-0.39, 0.29) is 0 Å². The zero-order valence-corrected chi connectivity index (χ0v) is 12.7. The molecular weight excluding hydrogens is 264 g/mol. The summed E-state index contributed by atoms with van der Waals surface area (Å²) in [4.78, 5) is 10.3. The molecule has 102 valence electrons. The Balaban J connectivity index is 2.05. The lowest BCUT2D eigenvalue weighted by molar-refractivity contribution is 0.929. The van der Waals surface area contributed by atoms with E-state index >= 15 is 0 Å². The van der Waals surface area contributed by atoms with Crippen LogP contribution in [0.25, 0.3) is 20.8 Å². The lowest BCUT2D eigenvalue weighted by atomic mass is 10.1. The second kappa shape index (κ2) is 5.71. The zero-order chi connectivity index (χ0) is 13.9. The summed E-state index contributed by atoms with van der Waals surface area (Å²) in [6.07, 6.45) is 7.19. The first-order valence-corrected chi connectivity index (χ1v) is 7.96. The summed E-state index contributed by atoms with van der Waals surface area (Å²) in [5.74, 6) is 0. The Morgan fingerprint density at radius 2 is 2.00 bits per heavy atom. The molecule has 3 heteroatoms. The van der Waals surface area contributed by atoms with E-state index in [4.69, 9.17) is 0 Å². The molecule has 20 heavy (non-hydrogen) atoms. The van der Waals surface area contributed by atoms with Gasteiger partial charge in [-0.15, -0.1) is 11.3 Å². The van der Waals surface area contributed by atoms with Crippen molar-refractivity contribution in [3.63, 3.8) is 0 Å². The highest BCUT2D eigenvalue weighted by Gasteiger charge is 2.09. The van der Waals surface area contributed by atoms with Crippen molar-refractivity contribution in [3.8, 4) is 10.6 Å². The highest BCUT2D eigenvalue weighted by atomic mass is 32.1. The van der Waals surface area contributed by atoms with Crippen molar-refractivity contribution in [2.75, 3.05) is 0 Å². The molecule has 0 amide bonds. The molecule has 3 heterocycles. The number of nitrogens with zero attached hydrogens (tertiary/aromatic N) is 2. The molecule has 0 aliphatic carbocycles. The minimum atomic E-state index is 1.03. The van der Waals surface area contributed by atoms with Crippen LogP contribution in [0.1, 0.15) is 31.4 Å². The maximum atomic E-state index is 4.57. The Labute approximate surface area is 123 Å². The monoisotopic (exact) mass is 282 g/mol. The van der Waals surface area contributed by atoms with E-state index in [1.54, 1.807) is 11.3 Å². The molecule has 0 radical (unpaired) electrons. The summed E-state index contributed by atoms with van der Waals surface area (Å²) >= 11 is 1.81. The first-order valence-electron chi connectivity index (χ1n) is 7.14. The van der Waals surface area contributed by atoms with Crippen LogP contribution in [-0.4, -0.2) is 9.97 Å². The number of thiophene rings is 1. The van der Waals surface area contributed by atoms with Gasteiger partial charge in [0, 0.05) is 12.4 Å².